The van der Waals surface area contributed by atoms with Crippen molar-refractivity contribution in [2.45, 2.75) is 32.7 Å². The van der Waals surface area contributed by atoms with Gasteiger partial charge in [0.2, 0.25) is 0 Å². The summed E-state index contributed by atoms with van der Waals surface area (Å²) in [6.07, 6.45) is 2.18. The zero-order valence-corrected chi connectivity index (χ0v) is 16.0. The Bertz CT molecular complexity index is 601. The third-order valence-corrected chi connectivity index (χ3v) is 5.20. The van der Waals surface area contributed by atoms with Gasteiger partial charge in [0.05, 0.1) is 13.2 Å². The molecule has 0 aromatic heterocycles. The number of hydrogen-bond acceptors (Lipinski definition) is 3. The molecule has 1 aromatic rings. The second-order valence-corrected chi connectivity index (χ2v) is 7.80. The van der Waals surface area contributed by atoms with E-state index in [1.807, 2.05) is 18.2 Å². The van der Waals surface area contributed by atoms with E-state index in [1.54, 1.807) is 0 Å². The SMILES string of the molecule is CCNC(=NCC1(C)CCOC1)NC1CCN(c2cccc(Cl)c2)C1. The Kier molecular flexibility index (Phi) is 6.07. The maximum absolute atomic E-state index is 6.12. The average Bonchev–Trinajstić information content (AvgIpc) is 3.23. The van der Waals surface area contributed by atoms with Gasteiger partial charge in [-0.3, -0.25) is 4.99 Å². The topological polar surface area (TPSA) is 48.9 Å². The smallest absolute Gasteiger partial charge is 0.191 e. The monoisotopic (exact) mass is 364 g/mol. The molecule has 25 heavy (non-hydrogen) atoms. The third kappa shape index (κ3) is 5.02. The second-order valence-electron chi connectivity index (χ2n) is 7.36. The van der Waals surface area contributed by atoms with Gasteiger partial charge in [-0.2, -0.15) is 0 Å². The highest BCUT2D eigenvalue weighted by Crippen LogP contribution is 2.28. The summed E-state index contributed by atoms with van der Waals surface area (Å²) in [5.41, 5.74) is 1.36. The molecule has 0 saturated carbocycles. The maximum atomic E-state index is 6.12. The summed E-state index contributed by atoms with van der Waals surface area (Å²) >= 11 is 6.12. The van der Waals surface area contributed by atoms with Crippen LogP contribution in [0.15, 0.2) is 29.3 Å². The summed E-state index contributed by atoms with van der Waals surface area (Å²) in [5, 5.41) is 7.76. The molecule has 2 fully saturated rings. The Morgan fingerprint density at radius 2 is 2.36 bits per heavy atom. The van der Waals surface area contributed by atoms with Crippen LogP contribution in [-0.2, 0) is 4.74 Å². The summed E-state index contributed by atoms with van der Waals surface area (Å²) in [7, 11) is 0. The third-order valence-electron chi connectivity index (χ3n) is 4.97. The van der Waals surface area contributed by atoms with Gasteiger partial charge in [0.1, 0.15) is 0 Å². The van der Waals surface area contributed by atoms with Crippen LogP contribution in [0.25, 0.3) is 0 Å². The Morgan fingerprint density at radius 1 is 1.48 bits per heavy atom. The fourth-order valence-electron chi connectivity index (χ4n) is 3.40. The molecule has 0 spiro atoms. The van der Waals surface area contributed by atoms with Crippen molar-refractivity contribution in [1.29, 1.82) is 0 Å². The molecule has 3 rings (SSSR count). The van der Waals surface area contributed by atoms with Gasteiger partial charge in [0.25, 0.3) is 0 Å². The van der Waals surface area contributed by atoms with Crippen molar-refractivity contribution in [2.24, 2.45) is 10.4 Å². The number of anilines is 1. The first-order valence-electron chi connectivity index (χ1n) is 9.21. The lowest BCUT2D eigenvalue weighted by atomic mass is 9.90. The predicted molar refractivity (Wildman–Crippen MR) is 105 cm³/mol. The summed E-state index contributed by atoms with van der Waals surface area (Å²) in [6, 6.07) is 8.47. The number of halogens is 1. The number of guanidine groups is 1. The number of nitrogens with one attached hydrogen (secondary N) is 2. The van der Waals surface area contributed by atoms with Crippen molar-refractivity contribution >= 4 is 23.2 Å². The molecule has 138 valence electrons. The van der Waals surface area contributed by atoms with Crippen molar-refractivity contribution in [3.05, 3.63) is 29.3 Å². The van der Waals surface area contributed by atoms with Crippen LogP contribution in [0.4, 0.5) is 5.69 Å². The van der Waals surface area contributed by atoms with Crippen LogP contribution in [-0.4, -0.2) is 51.4 Å². The van der Waals surface area contributed by atoms with E-state index in [9.17, 15) is 0 Å². The van der Waals surface area contributed by atoms with Crippen LogP contribution in [0.3, 0.4) is 0 Å². The second kappa shape index (κ2) is 8.28. The van der Waals surface area contributed by atoms with E-state index in [0.717, 1.165) is 63.2 Å². The van der Waals surface area contributed by atoms with E-state index in [-0.39, 0.29) is 5.41 Å². The lowest BCUT2D eigenvalue weighted by Gasteiger charge is -2.22. The fourth-order valence-corrected chi connectivity index (χ4v) is 3.59. The lowest BCUT2D eigenvalue weighted by Crippen LogP contribution is -2.45. The van der Waals surface area contributed by atoms with Gasteiger partial charge in [-0.1, -0.05) is 24.6 Å². The largest absolute Gasteiger partial charge is 0.381 e. The molecule has 6 heteroatoms. The van der Waals surface area contributed by atoms with Gasteiger partial charge in [0.15, 0.2) is 5.96 Å². The minimum absolute atomic E-state index is 0.171. The normalized spacial score (nSPS) is 26.9. The first-order valence-corrected chi connectivity index (χ1v) is 9.59. The van der Waals surface area contributed by atoms with Crippen molar-refractivity contribution < 1.29 is 4.74 Å². The molecule has 0 radical (unpaired) electrons. The Labute approximate surface area is 155 Å². The van der Waals surface area contributed by atoms with Gasteiger partial charge in [0, 0.05) is 48.4 Å². The van der Waals surface area contributed by atoms with Crippen LogP contribution in [0.1, 0.15) is 26.7 Å². The summed E-state index contributed by atoms with van der Waals surface area (Å²) in [4.78, 5) is 7.19. The summed E-state index contributed by atoms with van der Waals surface area (Å²) in [5.74, 6) is 0.911. The van der Waals surface area contributed by atoms with Crippen molar-refractivity contribution in [2.75, 3.05) is 44.3 Å². The van der Waals surface area contributed by atoms with Crippen LogP contribution in [0.2, 0.25) is 5.02 Å². The molecule has 1 aromatic carbocycles. The minimum Gasteiger partial charge on any atom is -0.381 e. The maximum Gasteiger partial charge on any atom is 0.191 e. The molecule has 5 nitrogen and oxygen atoms in total. The molecule has 0 bridgehead atoms. The molecule has 2 unspecified atom stereocenters. The minimum atomic E-state index is 0.171. The number of nitrogens with zero attached hydrogens (tertiary/aromatic N) is 2. The number of rotatable bonds is 5. The Morgan fingerprint density at radius 3 is 3.08 bits per heavy atom. The van der Waals surface area contributed by atoms with Crippen LogP contribution < -0.4 is 15.5 Å². The number of hydrogen-bond donors (Lipinski definition) is 2. The van der Waals surface area contributed by atoms with E-state index >= 15 is 0 Å². The number of benzene rings is 1. The molecule has 2 N–H and O–H groups in total. The van der Waals surface area contributed by atoms with E-state index in [0.29, 0.717) is 6.04 Å². The molecular weight excluding hydrogens is 336 g/mol. The van der Waals surface area contributed by atoms with Crippen LogP contribution in [0.5, 0.6) is 0 Å². The molecule has 0 aliphatic carbocycles. The van der Waals surface area contributed by atoms with Crippen LogP contribution in [0, 0.1) is 5.41 Å². The van der Waals surface area contributed by atoms with Crippen molar-refractivity contribution in [1.82, 2.24) is 10.6 Å². The Balaban J connectivity index is 1.57. The van der Waals surface area contributed by atoms with Gasteiger partial charge < -0.3 is 20.3 Å². The fraction of sp³-hybridized carbons (Fsp3) is 0.632. The zero-order valence-electron chi connectivity index (χ0n) is 15.2. The molecule has 2 aliphatic rings. The van der Waals surface area contributed by atoms with E-state index in [2.05, 4.69) is 35.4 Å². The van der Waals surface area contributed by atoms with Crippen LogP contribution >= 0.6 is 11.6 Å². The molecule has 2 heterocycles. The summed E-state index contributed by atoms with van der Waals surface area (Å²) < 4.78 is 5.53. The highest BCUT2D eigenvalue weighted by atomic mass is 35.5. The highest BCUT2D eigenvalue weighted by Gasteiger charge is 2.30. The zero-order chi connectivity index (χ0) is 17.7. The van der Waals surface area contributed by atoms with Crippen molar-refractivity contribution in [3.63, 3.8) is 0 Å². The predicted octanol–water partition coefficient (Wildman–Crippen LogP) is 2.90. The van der Waals surface area contributed by atoms with Crippen molar-refractivity contribution in [3.8, 4) is 0 Å². The Hall–Kier alpha value is -1.46. The molecular formula is C19H29ClN4O. The number of ether oxygens (including phenoxy) is 1. The van der Waals surface area contributed by atoms with Gasteiger partial charge in [-0.05, 0) is 38.0 Å². The molecule has 2 atom stereocenters. The number of aliphatic imine (C=N–C) groups is 1. The molecule has 0 amide bonds. The first-order chi connectivity index (χ1) is 12.1. The van der Waals surface area contributed by atoms with E-state index in [4.69, 9.17) is 21.3 Å². The molecule has 2 saturated heterocycles. The summed E-state index contributed by atoms with van der Waals surface area (Å²) in [6.45, 7) is 9.67. The van der Waals surface area contributed by atoms with E-state index < -0.39 is 0 Å². The average molecular weight is 365 g/mol. The standard InChI is InChI=1S/C19H29ClN4O/c1-3-21-18(22-13-19(2)8-10-25-14-19)23-16-7-9-24(12-16)17-6-4-5-15(20)11-17/h4-6,11,16H,3,7-10,12-14H2,1-2H3,(H2,21,22,23). The quantitative estimate of drug-likeness (QED) is 0.623. The highest BCUT2D eigenvalue weighted by molar-refractivity contribution is 6.30. The van der Waals surface area contributed by atoms with Gasteiger partial charge in [-0.15, -0.1) is 0 Å². The lowest BCUT2D eigenvalue weighted by molar-refractivity contribution is 0.163. The van der Waals surface area contributed by atoms with E-state index in [1.165, 1.54) is 5.69 Å². The van der Waals surface area contributed by atoms with Gasteiger partial charge in [-0.25, -0.2) is 0 Å². The first kappa shape index (κ1) is 18.3. The van der Waals surface area contributed by atoms with Gasteiger partial charge >= 0.3 is 0 Å². The molecule has 2 aliphatic heterocycles.